The Balaban J connectivity index is 1.76. The molecule has 2 amide bonds. The van der Waals surface area contributed by atoms with Gasteiger partial charge in [-0.3, -0.25) is 4.90 Å². The summed E-state index contributed by atoms with van der Waals surface area (Å²) in [5.41, 5.74) is 16.1. The second-order valence-corrected chi connectivity index (χ2v) is 6.81. The van der Waals surface area contributed by atoms with Crippen LogP contribution in [0.25, 0.3) is 22.1 Å². The van der Waals surface area contributed by atoms with Crippen LogP contribution in [0.4, 0.5) is 22.0 Å². The van der Waals surface area contributed by atoms with Gasteiger partial charge in [0.05, 0.1) is 16.8 Å². The van der Waals surface area contributed by atoms with E-state index in [1.165, 1.54) is 4.90 Å². The summed E-state index contributed by atoms with van der Waals surface area (Å²) in [4.78, 5) is 13.5. The third-order valence-electron chi connectivity index (χ3n) is 4.60. The lowest BCUT2D eigenvalue weighted by atomic mass is 10.0. The summed E-state index contributed by atoms with van der Waals surface area (Å²) in [5, 5.41) is 5.15. The third kappa shape index (κ3) is 3.04. The van der Waals surface area contributed by atoms with Gasteiger partial charge in [0.1, 0.15) is 0 Å². The van der Waals surface area contributed by atoms with Crippen molar-refractivity contribution in [2.75, 3.05) is 10.6 Å². The third-order valence-corrected chi connectivity index (χ3v) is 5.00. The van der Waals surface area contributed by atoms with Crippen molar-refractivity contribution in [3.05, 3.63) is 71.2 Å². The fourth-order valence-electron chi connectivity index (χ4n) is 3.17. The van der Waals surface area contributed by atoms with Crippen molar-refractivity contribution < 1.29 is 9.32 Å². The molecule has 28 heavy (non-hydrogen) atoms. The lowest BCUT2D eigenvalue weighted by Crippen LogP contribution is -2.31. The number of halogens is 1. The van der Waals surface area contributed by atoms with Crippen molar-refractivity contribution in [2.24, 2.45) is 5.73 Å². The average molecular weight is 393 g/mol. The SMILES string of the molecule is Cc1ccc(N(C(N)=O)c2ccc(-c3cccc4onc(N)c34)cc2)cc1Cl. The molecule has 4 aromatic rings. The van der Waals surface area contributed by atoms with Crippen molar-refractivity contribution in [1.29, 1.82) is 0 Å². The smallest absolute Gasteiger partial charge is 0.323 e. The molecule has 0 aliphatic rings. The summed E-state index contributed by atoms with van der Waals surface area (Å²) < 4.78 is 5.23. The van der Waals surface area contributed by atoms with E-state index in [-0.39, 0.29) is 0 Å². The van der Waals surface area contributed by atoms with Crippen LogP contribution in [0.2, 0.25) is 5.02 Å². The molecule has 6 nitrogen and oxygen atoms in total. The maximum atomic E-state index is 12.1. The molecule has 0 saturated carbocycles. The molecule has 0 saturated heterocycles. The van der Waals surface area contributed by atoms with Gasteiger partial charge in [0.2, 0.25) is 0 Å². The molecular formula is C21H17ClN4O2. The molecule has 4 rings (SSSR count). The first-order valence-corrected chi connectivity index (χ1v) is 8.93. The minimum absolute atomic E-state index is 0.336. The van der Waals surface area contributed by atoms with E-state index < -0.39 is 6.03 Å². The monoisotopic (exact) mass is 392 g/mol. The Morgan fingerprint density at radius 3 is 2.46 bits per heavy atom. The molecule has 0 aliphatic carbocycles. The summed E-state index contributed by atoms with van der Waals surface area (Å²) in [6.07, 6.45) is 0. The number of aromatic nitrogens is 1. The predicted molar refractivity (Wildman–Crippen MR) is 112 cm³/mol. The Kier molecular flexibility index (Phi) is 4.41. The molecule has 140 valence electrons. The fraction of sp³-hybridized carbons (Fsp3) is 0.0476. The summed E-state index contributed by atoms with van der Waals surface area (Å²) in [6.45, 7) is 1.90. The molecule has 0 bridgehead atoms. The Morgan fingerprint density at radius 2 is 1.79 bits per heavy atom. The van der Waals surface area contributed by atoms with Gasteiger partial charge in [0, 0.05) is 5.02 Å². The highest BCUT2D eigenvalue weighted by atomic mass is 35.5. The normalized spacial score (nSPS) is 10.9. The van der Waals surface area contributed by atoms with Crippen molar-refractivity contribution in [3.63, 3.8) is 0 Å². The molecule has 1 aromatic heterocycles. The number of rotatable bonds is 3. The van der Waals surface area contributed by atoms with Crippen LogP contribution in [-0.2, 0) is 0 Å². The van der Waals surface area contributed by atoms with E-state index in [0.29, 0.717) is 27.8 Å². The lowest BCUT2D eigenvalue weighted by Gasteiger charge is -2.21. The number of fused-ring (bicyclic) bond motifs is 1. The van der Waals surface area contributed by atoms with E-state index in [2.05, 4.69) is 5.16 Å². The topological polar surface area (TPSA) is 98.4 Å². The number of anilines is 3. The van der Waals surface area contributed by atoms with E-state index in [9.17, 15) is 4.79 Å². The quantitative estimate of drug-likeness (QED) is 0.497. The molecule has 0 spiro atoms. The van der Waals surface area contributed by atoms with Crippen LogP contribution in [0.15, 0.2) is 65.2 Å². The van der Waals surface area contributed by atoms with Crippen LogP contribution < -0.4 is 16.4 Å². The standard InChI is InChI=1S/C21H17ClN4O2/c1-12-5-8-15(11-17(12)22)26(21(24)27)14-9-6-13(7-10-14)16-3-2-4-18-19(16)20(23)25-28-18/h2-11H,1H3,(H2,23,25)(H2,24,27). The van der Waals surface area contributed by atoms with E-state index in [1.807, 2.05) is 55.5 Å². The highest BCUT2D eigenvalue weighted by Crippen LogP contribution is 2.35. The highest BCUT2D eigenvalue weighted by molar-refractivity contribution is 6.31. The Bertz CT molecular complexity index is 1180. The number of aryl methyl sites for hydroxylation is 1. The maximum Gasteiger partial charge on any atom is 0.323 e. The zero-order valence-corrected chi connectivity index (χ0v) is 15.8. The number of amides is 2. The number of nitrogens with two attached hydrogens (primary N) is 2. The van der Waals surface area contributed by atoms with Crippen LogP contribution >= 0.6 is 11.6 Å². The molecule has 3 aromatic carbocycles. The lowest BCUT2D eigenvalue weighted by molar-refractivity contribution is 0.256. The van der Waals surface area contributed by atoms with Crippen molar-refractivity contribution in [3.8, 4) is 11.1 Å². The van der Waals surface area contributed by atoms with Gasteiger partial charge in [-0.05, 0) is 53.9 Å². The molecule has 1 heterocycles. The van der Waals surface area contributed by atoms with Crippen LogP contribution in [0.1, 0.15) is 5.56 Å². The first kappa shape index (κ1) is 17.9. The molecule has 0 unspecified atom stereocenters. The Labute approximate surface area is 166 Å². The Hall–Kier alpha value is -3.51. The van der Waals surface area contributed by atoms with Gasteiger partial charge in [-0.15, -0.1) is 0 Å². The van der Waals surface area contributed by atoms with Gasteiger partial charge in [-0.2, -0.15) is 0 Å². The maximum absolute atomic E-state index is 12.1. The molecule has 4 N–H and O–H groups in total. The van der Waals surface area contributed by atoms with Crippen molar-refractivity contribution in [1.82, 2.24) is 5.16 Å². The zero-order valence-electron chi connectivity index (χ0n) is 15.0. The molecule has 0 atom stereocenters. The second-order valence-electron chi connectivity index (χ2n) is 6.40. The molecule has 7 heteroatoms. The summed E-state index contributed by atoms with van der Waals surface area (Å²) in [7, 11) is 0. The van der Waals surface area contributed by atoms with Crippen LogP contribution in [0.3, 0.4) is 0 Å². The van der Waals surface area contributed by atoms with E-state index in [0.717, 1.165) is 22.1 Å². The van der Waals surface area contributed by atoms with Gasteiger partial charge in [0.25, 0.3) is 0 Å². The van der Waals surface area contributed by atoms with E-state index in [1.54, 1.807) is 12.1 Å². The van der Waals surface area contributed by atoms with Gasteiger partial charge < -0.3 is 16.0 Å². The van der Waals surface area contributed by atoms with Gasteiger partial charge in [-0.1, -0.05) is 47.1 Å². The predicted octanol–water partition coefficient (Wildman–Crippen LogP) is 5.26. The van der Waals surface area contributed by atoms with Gasteiger partial charge >= 0.3 is 6.03 Å². The molecule has 0 fully saturated rings. The minimum Gasteiger partial charge on any atom is -0.380 e. The summed E-state index contributed by atoms with van der Waals surface area (Å²) in [5.74, 6) is 0.336. The largest absolute Gasteiger partial charge is 0.380 e. The number of primary amides is 1. The van der Waals surface area contributed by atoms with Crippen molar-refractivity contribution in [2.45, 2.75) is 6.92 Å². The first-order chi connectivity index (χ1) is 13.5. The molecular weight excluding hydrogens is 376 g/mol. The molecule has 0 radical (unpaired) electrons. The number of carbonyl (C=O) groups excluding carboxylic acids is 1. The summed E-state index contributed by atoms with van der Waals surface area (Å²) >= 11 is 6.21. The number of hydrogen-bond donors (Lipinski definition) is 2. The van der Waals surface area contributed by atoms with Crippen LogP contribution in [0, 0.1) is 6.92 Å². The van der Waals surface area contributed by atoms with E-state index in [4.69, 9.17) is 27.6 Å². The van der Waals surface area contributed by atoms with Crippen LogP contribution in [0.5, 0.6) is 0 Å². The van der Waals surface area contributed by atoms with Gasteiger partial charge in [-0.25, -0.2) is 4.79 Å². The fourth-order valence-corrected chi connectivity index (χ4v) is 3.35. The minimum atomic E-state index is -0.599. The van der Waals surface area contributed by atoms with Crippen LogP contribution in [-0.4, -0.2) is 11.2 Å². The number of nitrogens with zero attached hydrogens (tertiary/aromatic N) is 2. The number of benzene rings is 3. The average Bonchev–Trinajstić information content (AvgIpc) is 3.06. The van der Waals surface area contributed by atoms with Gasteiger partial charge in [0.15, 0.2) is 11.4 Å². The van der Waals surface area contributed by atoms with Crippen molar-refractivity contribution >= 4 is 45.8 Å². The highest BCUT2D eigenvalue weighted by Gasteiger charge is 2.17. The first-order valence-electron chi connectivity index (χ1n) is 8.56. The molecule has 0 aliphatic heterocycles. The number of nitrogen functional groups attached to an aromatic ring is 1. The number of hydrogen-bond acceptors (Lipinski definition) is 4. The zero-order chi connectivity index (χ0) is 19.8. The number of urea groups is 1. The number of carbonyl (C=O) groups is 1. The Morgan fingerprint density at radius 1 is 1.07 bits per heavy atom. The van der Waals surface area contributed by atoms with E-state index >= 15 is 0 Å². The summed E-state index contributed by atoms with van der Waals surface area (Å²) in [6, 6.07) is 17.8. The second kappa shape index (κ2) is 6.90.